The molecule has 0 unspecified atom stereocenters. The Bertz CT molecular complexity index is 243. The number of nitrogens with zero attached hydrogens (tertiary/aromatic N) is 1. The molecule has 0 spiro atoms. The zero-order valence-corrected chi connectivity index (χ0v) is 5.74. The molecule has 2 heteroatoms. The number of benzene rings is 1. The van der Waals surface area contributed by atoms with Crippen LogP contribution in [0.5, 0.6) is 0 Å². The zero-order valence-electron chi connectivity index (χ0n) is 5.74. The van der Waals surface area contributed by atoms with Crippen molar-refractivity contribution < 1.29 is 0 Å². The van der Waals surface area contributed by atoms with E-state index in [1.807, 2.05) is 31.2 Å². The van der Waals surface area contributed by atoms with E-state index in [0.717, 1.165) is 11.1 Å². The number of hydrogen-bond donors (Lipinski definition) is 0. The van der Waals surface area contributed by atoms with Crippen molar-refractivity contribution in [3.63, 3.8) is 0 Å². The Morgan fingerprint density at radius 1 is 1.40 bits per heavy atom. The molecule has 1 rings (SSSR count). The summed E-state index contributed by atoms with van der Waals surface area (Å²) in [6.45, 7) is 1.94. The van der Waals surface area contributed by atoms with Crippen LogP contribution in [0.4, 0.5) is 0 Å². The Morgan fingerprint density at radius 2 is 2.10 bits per heavy atom. The molecule has 0 saturated heterocycles. The molecule has 10 heavy (non-hydrogen) atoms. The Labute approximate surface area is 59.8 Å². The summed E-state index contributed by atoms with van der Waals surface area (Å²) in [6.07, 6.45) is 1.31. The van der Waals surface area contributed by atoms with Crippen molar-refractivity contribution in [3.8, 4) is 0 Å². The summed E-state index contributed by atoms with van der Waals surface area (Å²) in [6, 6.07) is 7.61. The van der Waals surface area contributed by atoms with Gasteiger partial charge in [-0.1, -0.05) is 24.3 Å². The molecular formula is C8H8NO-. The minimum absolute atomic E-state index is 0.887. The van der Waals surface area contributed by atoms with E-state index in [4.69, 9.17) is 0 Å². The summed E-state index contributed by atoms with van der Waals surface area (Å²) in [7, 11) is 0. The van der Waals surface area contributed by atoms with Crippen LogP contribution in [0.2, 0.25) is 0 Å². The van der Waals surface area contributed by atoms with Crippen LogP contribution in [0.1, 0.15) is 11.1 Å². The Hall–Kier alpha value is -1.31. The second kappa shape index (κ2) is 3.01. The predicted octanol–water partition coefficient (Wildman–Crippen LogP) is 1.91. The molecular weight excluding hydrogens is 126 g/mol. The van der Waals surface area contributed by atoms with Gasteiger partial charge in [0, 0.05) is 6.21 Å². The van der Waals surface area contributed by atoms with Crippen LogP contribution >= 0.6 is 0 Å². The van der Waals surface area contributed by atoms with Gasteiger partial charge in [-0.3, -0.25) is 0 Å². The largest absolute Gasteiger partial charge is 0.792 e. The summed E-state index contributed by atoms with van der Waals surface area (Å²) in [5.41, 5.74) is 1.96. The SMILES string of the molecule is Cc1ccccc1/C=N\[O-]. The molecule has 0 aliphatic heterocycles. The molecule has 0 N–H and O–H groups in total. The third kappa shape index (κ3) is 1.35. The molecule has 52 valence electrons. The van der Waals surface area contributed by atoms with E-state index in [2.05, 4.69) is 5.16 Å². The molecule has 0 fully saturated rings. The number of aryl methyl sites for hydroxylation is 1. The van der Waals surface area contributed by atoms with Crippen LogP contribution in [-0.2, 0) is 0 Å². The van der Waals surface area contributed by atoms with Gasteiger partial charge in [-0.15, -0.1) is 0 Å². The fourth-order valence-corrected chi connectivity index (χ4v) is 0.788. The Morgan fingerprint density at radius 3 is 2.70 bits per heavy atom. The van der Waals surface area contributed by atoms with Crippen LogP contribution in [0.15, 0.2) is 29.4 Å². The summed E-state index contributed by atoms with van der Waals surface area (Å²) in [5.74, 6) is 0. The van der Waals surface area contributed by atoms with E-state index in [1.54, 1.807) is 0 Å². The lowest BCUT2D eigenvalue weighted by atomic mass is 10.1. The van der Waals surface area contributed by atoms with Crippen molar-refractivity contribution in [2.24, 2.45) is 5.16 Å². The summed E-state index contributed by atoms with van der Waals surface area (Å²) >= 11 is 0. The maximum Gasteiger partial charge on any atom is 0.0232 e. The number of hydrogen-bond acceptors (Lipinski definition) is 2. The van der Waals surface area contributed by atoms with Gasteiger partial charge in [0.1, 0.15) is 0 Å². The molecule has 0 aliphatic rings. The van der Waals surface area contributed by atoms with Crippen LogP contribution < -0.4 is 0 Å². The second-order valence-electron chi connectivity index (χ2n) is 2.09. The average Bonchev–Trinajstić information content (AvgIpc) is 1.94. The average molecular weight is 134 g/mol. The number of rotatable bonds is 1. The molecule has 0 atom stereocenters. The zero-order chi connectivity index (χ0) is 7.40. The normalized spacial score (nSPS) is 10.5. The molecule has 0 radical (unpaired) electrons. The van der Waals surface area contributed by atoms with Gasteiger partial charge in [0.2, 0.25) is 0 Å². The van der Waals surface area contributed by atoms with Crippen LogP contribution in [-0.4, -0.2) is 6.21 Å². The van der Waals surface area contributed by atoms with Gasteiger partial charge in [0.25, 0.3) is 0 Å². The first-order valence-corrected chi connectivity index (χ1v) is 3.06. The van der Waals surface area contributed by atoms with Crippen molar-refractivity contribution in [1.29, 1.82) is 0 Å². The van der Waals surface area contributed by atoms with Gasteiger partial charge in [-0.25, -0.2) is 0 Å². The van der Waals surface area contributed by atoms with Gasteiger partial charge in [0.05, 0.1) is 0 Å². The van der Waals surface area contributed by atoms with Crippen LogP contribution in [0, 0.1) is 12.1 Å². The topological polar surface area (TPSA) is 35.4 Å². The summed E-state index contributed by atoms with van der Waals surface area (Å²) in [4.78, 5) is 0. The van der Waals surface area contributed by atoms with Gasteiger partial charge >= 0.3 is 0 Å². The van der Waals surface area contributed by atoms with Crippen molar-refractivity contribution in [3.05, 3.63) is 40.6 Å². The van der Waals surface area contributed by atoms with Crippen molar-refractivity contribution in [1.82, 2.24) is 0 Å². The molecule has 2 nitrogen and oxygen atoms in total. The quantitative estimate of drug-likeness (QED) is 0.427. The lowest BCUT2D eigenvalue weighted by Gasteiger charge is -1.97. The molecule has 0 aromatic heterocycles. The maximum absolute atomic E-state index is 9.82. The molecule has 0 amide bonds. The van der Waals surface area contributed by atoms with Gasteiger partial charge in [-0.05, 0) is 18.1 Å². The molecule has 1 aromatic rings. The van der Waals surface area contributed by atoms with E-state index in [-0.39, 0.29) is 0 Å². The first-order valence-electron chi connectivity index (χ1n) is 3.06. The standard InChI is InChI=1S/C8H9NO/c1-7-4-2-3-5-8(7)6-9-10/h2-6,10H,1H3/p-1/b9-6-. The van der Waals surface area contributed by atoms with Gasteiger partial charge < -0.3 is 10.4 Å². The van der Waals surface area contributed by atoms with Crippen molar-refractivity contribution >= 4 is 6.21 Å². The lowest BCUT2D eigenvalue weighted by molar-refractivity contribution is 1.44. The second-order valence-corrected chi connectivity index (χ2v) is 2.09. The first-order chi connectivity index (χ1) is 4.84. The molecule has 0 heterocycles. The summed E-state index contributed by atoms with van der Waals surface area (Å²) in [5, 5.41) is 12.5. The van der Waals surface area contributed by atoms with E-state index in [0.29, 0.717) is 0 Å². The minimum atomic E-state index is 0.887. The highest BCUT2D eigenvalue weighted by molar-refractivity contribution is 5.81. The third-order valence-electron chi connectivity index (χ3n) is 1.38. The van der Waals surface area contributed by atoms with Crippen molar-refractivity contribution in [2.75, 3.05) is 0 Å². The maximum atomic E-state index is 9.82. The Balaban J connectivity index is 3.03. The minimum Gasteiger partial charge on any atom is -0.792 e. The Kier molecular flexibility index (Phi) is 2.05. The molecule has 0 aliphatic carbocycles. The highest BCUT2D eigenvalue weighted by Gasteiger charge is 1.88. The van der Waals surface area contributed by atoms with Gasteiger partial charge in [0.15, 0.2) is 0 Å². The van der Waals surface area contributed by atoms with E-state index < -0.39 is 0 Å². The van der Waals surface area contributed by atoms with Gasteiger partial charge in [-0.2, -0.15) is 0 Å². The third-order valence-corrected chi connectivity index (χ3v) is 1.38. The molecule has 1 aromatic carbocycles. The van der Waals surface area contributed by atoms with Crippen LogP contribution in [0.25, 0.3) is 0 Å². The highest BCUT2D eigenvalue weighted by atomic mass is 16.4. The molecule has 0 bridgehead atoms. The van der Waals surface area contributed by atoms with Crippen LogP contribution in [0.3, 0.4) is 0 Å². The fourth-order valence-electron chi connectivity index (χ4n) is 0.788. The lowest BCUT2D eigenvalue weighted by Crippen LogP contribution is -1.83. The molecule has 0 saturated carbocycles. The first kappa shape index (κ1) is 6.81. The smallest absolute Gasteiger partial charge is 0.0232 e. The summed E-state index contributed by atoms with van der Waals surface area (Å²) < 4.78 is 0. The monoisotopic (exact) mass is 134 g/mol. The predicted molar refractivity (Wildman–Crippen MR) is 42.1 cm³/mol. The highest BCUT2D eigenvalue weighted by Crippen LogP contribution is 2.02. The van der Waals surface area contributed by atoms with E-state index >= 15 is 0 Å². The van der Waals surface area contributed by atoms with E-state index in [9.17, 15) is 5.21 Å². The van der Waals surface area contributed by atoms with Crippen molar-refractivity contribution in [2.45, 2.75) is 6.92 Å². The fraction of sp³-hybridized carbons (Fsp3) is 0.125. The van der Waals surface area contributed by atoms with E-state index in [1.165, 1.54) is 6.21 Å².